The molecule has 1 aliphatic rings. The van der Waals surface area contributed by atoms with Gasteiger partial charge in [0.05, 0.1) is 29.4 Å². The molecule has 1 fully saturated rings. The standard InChI is InChI=1S/C27H44BNO5/c1-8-10-12-14-18-29(19-15-13-11-9-2)24(30)23-20-21(16-17-22(23)25(31)32-7)28-33-26(3,4)27(5,6)34-28/h16-17,20H,8-15,18-19H2,1-7H3. The zero-order chi connectivity index (χ0) is 25.4. The first kappa shape index (κ1) is 28.4. The molecular formula is C27H44BNO5. The van der Waals surface area contributed by atoms with Crippen LogP contribution in [0.2, 0.25) is 0 Å². The molecule has 7 heteroatoms. The molecule has 34 heavy (non-hydrogen) atoms. The van der Waals surface area contributed by atoms with Crippen LogP contribution in [0.1, 0.15) is 114 Å². The van der Waals surface area contributed by atoms with Gasteiger partial charge in [-0.2, -0.15) is 0 Å². The highest BCUT2D eigenvalue weighted by Gasteiger charge is 2.51. The molecule has 0 unspecified atom stereocenters. The lowest BCUT2D eigenvalue weighted by Crippen LogP contribution is -2.41. The molecule has 1 aliphatic heterocycles. The zero-order valence-corrected chi connectivity index (χ0v) is 22.4. The van der Waals surface area contributed by atoms with E-state index in [1.807, 2.05) is 32.6 Å². The quantitative estimate of drug-likeness (QED) is 0.219. The van der Waals surface area contributed by atoms with E-state index >= 15 is 0 Å². The predicted molar refractivity (Wildman–Crippen MR) is 138 cm³/mol. The third-order valence-corrected chi connectivity index (χ3v) is 7.06. The Hall–Kier alpha value is -1.86. The summed E-state index contributed by atoms with van der Waals surface area (Å²) in [5, 5.41) is 0. The summed E-state index contributed by atoms with van der Waals surface area (Å²) in [6.07, 6.45) is 8.70. The summed E-state index contributed by atoms with van der Waals surface area (Å²) in [6.45, 7) is 13.7. The number of esters is 1. The van der Waals surface area contributed by atoms with Crippen LogP contribution < -0.4 is 5.46 Å². The third-order valence-electron chi connectivity index (χ3n) is 7.06. The molecule has 1 aromatic rings. The molecule has 6 nitrogen and oxygen atoms in total. The number of hydrogen-bond donors (Lipinski definition) is 0. The minimum Gasteiger partial charge on any atom is -0.465 e. The first-order chi connectivity index (χ1) is 16.1. The highest BCUT2D eigenvalue weighted by Crippen LogP contribution is 2.36. The van der Waals surface area contributed by atoms with Crippen LogP contribution in [0.5, 0.6) is 0 Å². The second kappa shape index (κ2) is 12.7. The molecule has 190 valence electrons. The molecule has 1 heterocycles. The number of methoxy groups -OCH3 is 1. The maximum atomic E-state index is 13.8. The first-order valence-electron chi connectivity index (χ1n) is 12.9. The Morgan fingerprint density at radius 1 is 0.853 bits per heavy atom. The Morgan fingerprint density at radius 3 is 1.85 bits per heavy atom. The fourth-order valence-electron chi connectivity index (χ4n) is 4.10. The smallest absolute Gasteiger partial charge is 0.465 e. The molecule has 2 rings (SSSR count). The van der Waals surface area contributed by atoms with Crippen molar-refractivity contribution in [3.63, 3.8) is 0 Å². The average molecular weight is 473 g/mol. The van der Waals surface area contributed by atoms with E-state index < -0.39 is 24.3 Å². The van der Waals surface area contributed by atoms with E-state index in [9.17, 15) is 9.59 Å². The predicted octanol–water partition coefficient (Wildman–Crippen LogP) is 5.38. The molecule has 1 saturated heterocycles. The summed E-state index contributed by atoms with van der Waals surface area (Å²) in [4.78, 5) is 28.2. The number of carbonyl (C=O) groups excluding carboxylic acids is 2. The summed E-state index contributed by atoms with van der Waals surface area (Å²) in [5.41, 5.74) is 0.373. The van der Waals surface area contributed by atoms with Gasteiger partial charge in [-0.25, -0.2) is 4.79 Å². The topological polar surface area (TPSA) is 65.1 Å². The lowest BCUT2D eigenvalue weighted by Gasteiger charge is -2.32. The number of unbranched alkanes of at least 4 members (excludes halogenated alkanes) is 6. The third kappa shape index (κ3) is 7.08. The molecular weight excluding hydrogens is 429 g/mol. The van der Waals surface area contributed by atoms with E-state index in [-0.39, 0.29) is 11.5 Å². The van der Waals surface area contributed by atoms with Gasteiger partial charge in [-0.05, 0) is 58.1 Å². The van der Waals surface area contributed by atoms with Gasteiger partial charge < -0.3 is 18.9 Å². The summed E-state index contributed by atoms with van der Waals surface area (Å²) in [6, 6.07) is 5.20. The van der Waals surface area contributed by atoms with Crippen molar-refractivity contribution < 1.29 is 23.6 Å². The fraction of sp³-hybridized carbons (Fsp3) is 0.704. The minimum absolute atomic E-state index is 0.133. The van der Waals surface area contributed by atoms with Crippen molar-refractivity contribution in [2.75, 3.05) is 20.2 Å². The zero-order valence-electron chi connectivity index (χ0n) is 22.4. The molecule has 0 radical (unpaired) electrons. The van der Waals surface area contributed by atoms with Gasteiger partial charge in [0, 0.05) is 13.1 Å². The van der Waals surface area contributed by atoms with E-state index in [1.165, 1.54) is 7.11 Å². The van der Waals surface area contributed by atoms with Crippen molar-refractivity contribution in [2.45, 2.75) is 104 Å². The van der Waals surface area contributed by atoms with Crippen LogP contribution in [-0.2, 0) is 14.0 Å². The minimum atomic E-state index is -0.606. The summed E-state index contributed by atoms with van der Waals surface area (Å²) < 4.78 is 17.4. The van der Waals surface area contributed by atoms with Crippen molar-refractivity contribution in [1.29, 1.82) is 0 Å². The van der Waals surface area contributed by atoms with Gasteiger partial charge in [-0.15, -0.1) is 0 Å². The largest absolute Gasteiger partial charge is 0.494 e. The molecule has 0 aliphatic carbocycles. The van der Waals surface area contributed by atoms with Crippen molar-refractivity contribution in [3.05, 3.63) is 29.3 Å². The fourth-order valence-corrected chi connectivity index (χ4v) is 4.10. The Kier molecular flexibility index (Phi) is 10.6. The van der Waals surface area contributed by atoms with Crippen LogP contribution in [0.3, 0.4) is 0 Å². The number of hydrogen-bond acceptors (Lipinski definition) is 5. The highest BCUT2D eigenvalue weighted by atomic mass is 16.7. The Morgan fingerprint density at radius 2 is 1.38 bits per heavy atom. The van der Waals surface area contributed by atoms with Crippen LogP contribution in [0.4, 0.5) is 0 Å². The SMILES string of the molecule is CCCCCCN(CCCCCC)C(=O)c1cc(B2OC(C)(C)C(C)(C)O2)ccc1C(=O)OC. The molecule has 0 bridgehead atoms. The Balaban J connectivity index is 2.35. The highest BCUT2D eigenvalue weighted by molar-refractivity contribution is 6.62. The van der Waals surface area contributed by atoms with E-state index in [1.54, 1.807) is 18.2 Å². The monoisotopic (exact) mass is 473 g/mol. The van der Waals surface area contributed by atoms with Crippen molar-refractivity contribution in [1.82, 2.24) is 4.90 Å². The molecule has 0 spiro atoms. The van der Waals surface area contributed by atoms with E-state index in [2.05, 4.69) is 13.8 Å². The molecule has 0 atom stereocenters. The Bertz CT molecular complexity index is 795. The molecule has 0 N–H and O–H groups in total. The van der Waals surface area contributed by atoms with Crippen LogP contribution in [0.15, 0.2) is 18.2 Å². The first-order valence-corrected chi connectivity index (χ1v) is 12.9. The molecule has 0 saturated carbocycles. The number of amides is 1. The van der Waals surface area contributed by atoms with Gasteiger partial charge >= 0.3 is 13.1 Å². The summed E-state index contributed by atoms with van der Waals surface area (Å²) >= 11 is 0. The van der Waals surface area contributed by atoms with E-state index in [0.717, 1.165) is 56.8 Å². The van der Waals surface area contributed by atoms with Gasteiger partial charge in [-0.1, -0.05) is 58.4 Å². The second-order valence-electron chi connectivity index (χ2n) is 10.3. The molecule has 1 aromatic carbocycles. The van der Waals surface area contributed by atoms with Gasteiger partial charge in [0.2, 0.25) is 0 Å². The lowest BCUT2D eigenvalue weighted by atomic mass is 9.77. The van der Waals surface area contributed by atoms with Crippen LogP contribution in [-0.4, -0.2) is 55.3 Å². The number of ether oxygens (including phenoxy) is 1. The van der Waals surface area contributed by atoms with Gasteiger partial charge in [0.1, 0.15) is 0 Å². The van der Waals surface area contributed by atoms with E-state index in [4.69, 9.17) is 14.0 Å². The van der Waals surface area contributed by atoms with Crippen LogP contribution in [0.25, 0.3) is 0 Å². The van der Waals surface area contributed by atoms with Gasteiger partial charge in [0.25, 0.3) is 5.91 Å². The number of carbonyl (C=O) groups is 2. The maximum absolute atomic E-state index is 13.8. The molecule has 0 aromatic heterocycles. The normalized spacial score (nSPS) is 16.5. The van der Waals surface area contributed by atoms with Gasteiger partial charge in [-0.3, -0.25) is 4.79 Å². The van der Waals surface area contributed by atoms with Crippen molar-refractivity contribution in [3.8, 4) is 0 Å². The van der Waals surface area contributed by atoms with Crippen molar-refractivity contribution in [2.24, 2.45) is 0 Å². The summed E-state index contributed by atoms with van der Waals surface area (Å²) in [5.74, 6) is -0.646. The average Bonchev–Trinajstić information content (AvgIpc) is 3.03. The second-order valence-corrected chi connectivity index (χ2v) is 10.3. The molecule has 1 amide bonds. The van der Waals surface area contributed by atoms with Gasteiger partial charge in [0.15, 0.2) is 0 Å². The number of rotatable bonds is 13. The summed E-state index contributed by atoms with van der Waals surface area (Å²) in [7, 11) is 0.734. The number of benzene rings is 1. The van der Waals surface area contributed by atoms with Crippen LogP contribution in [0, 0.1) is 0 Å². The van der Waals surface area contributed by atoms with Crippen LogP contribution >= 0.6 is 0 Å². The number of nitrogens with zero attached hydrogens (tertiary/aromatic N) is 1. The van der Waals surface area contributed by atoms with Crippen molar-refractivity contribution >= 4 is 24.5 Å². The Labute approximate surface area is 206 Å². The van der Waals surface area contributed by atoms with E-state index in [0.29, 0.717) is 18.7 Å². The lowest BCUT2D eigenvalue weighted by molar-refractivity contribution is 0.00578. The maximum Gasteiger partial charge on any atom is 0.494 e.